The van der Waals surface area contributed by atoms with E-state index in [-0.39, 0.29) is 5.91 Å². The van der Waals surface area contributed by atoms with E-state index in [2.05, 4.69) is 15.7 Å². The Morgan fingerprint density at radius 3 is 2.69 bits per heavy atom. The van der Waals surface area contributed by atoms with Gasteiger partial charge in [0.25, 0.3) is 5.91 Å². The molecule has 186 valence electrons. The first-order valence-electron chi connectivity index (χ1n) is 12.2. The average Bonchev–Trinajstić information content (AvgIpc) is 3.42. The van der Waals surface area contributed by atoms with E-state index in [0.717, 1.165) is 41.8 Å². The quantitative estimate of drug-likeness (QED) is 0.274. The molecule has 0 bridgehead atoms. The number of aryl methyl sites for hydroxylation is 1. The van der Waals surface area contributed by atoms with Crippen molar-refractivity contribution >= 4 is 11.9 Å². The minimum Gasteiger partial charge on any atom is -0.379 e. The van der Waals surface area contributed by atoms with Crippen molar-refractivity contribution in [2.75, 3.05) is 5.32 Å². The molecule has 4 aromatic rings. The summed E-state index contributed by atoms with van der Waals surface area (Å²) in [5.74, 6) is 0.127. The molecule has 36 heavy (non-hydrogen) atoms. The fourth-order valence-electron chi connectivity index (χ4n) is 4.10. The van der Waals surface area contributed by atoms with Crippen molar-refractivity contribution in [2.24, 2.45) is 0 Å². The first-order chi connectivity index (χ1) is 17.6. The van der Waals surface area contributed by atoms with Crippen molar-refractivity contribution in [1.29, 1.82) is 0 Å². The van der Waals surface area contributed by atoms with Crippen molar-refractivity contribution in [1.82, 2.24) is 24.6 Å². The second kappa shape index (κ2) is 10.8. The number of nitrogens with zero attached hydrogens (tertiary/aromatic N) is 4. The maximum Gasteiger partial charge on any atom is 0.258 e. The van der Waals surface area contributed by atoms with Crippen LogP contribution in [0.15, 0.2) is 73.2 Å². The van der Waals surface area contributed by atoms with Crippen molar-refractivity contribution in [3.05, 3.63) is 84.4 Å². The number of halogens is 1. The monoisotopic (exact) mass is 488 g/mol. The molecule has 1 aliphatic rings. The summed E-state index contributed by atoms with van der Waals surface area (Å²) in [6.07, 6.45) is 8.95. The van der Waals surface area contributed by atoms with Gasteiger partial charge in [-0.15, -0.1) is 0 Å². The summed E-state index contributed by atoms with van der Waals surface area (Å²) in [5, 5.41) is 20.2. The lowest BCUT2D eigenvalue weighted by molar-refractivity contribution is 0.102. The largest absolute Gasteiger partial charge is 0.379 e. The van der Waals surface area contributed by atoms with E-state index < -0.39 is 13.0 Å². The van der Waals surface area contributed by atoms with E-state index in [1.807, 2.05) is 47.2 Å². The number of rotatable bonds is 11. The smallest absolute Gasteiger partial charge is 0.258 e. The molecule has 8 nitrogen and oxygen atoms in total. The predicted molar refractivity (Wildman–Crippen MR) is 135 cm³/mol. The van der Waals surface area contributed by atoms with Gasteiger partial charge in [0, 0.05) is 35.2 Å². The topological polar surface area (TPSA) is 97.0 Å². The van der Waals surface area contributed by atoms with E-state index in [9.17, 15) is 14.3 Å². The zero-order valence-electron chi connectivity index (χ0n) is 19.8. The zero-order valence-corrected chi connectivity index (χ0v) is 19.8. The zero-order chi connectivity index (χ0) is 24.9. The van der Waals surface area contributed by atoms with Crippen molar-refractivity contribution in [3.8, 4) is 16.8 Å². The Balaban J connectivity index is 1.32. The second-order valence-electron chi connectivity index (χ2n) is 9.03. The van der Waals surface area contributed by atoms with Gasteiger partial charge < -0.3 is 5.11 Å². The summed E-state index contributed by atoms with van der Waals surface area (Å²) in [6, 6.07) is 17.3. The number of benzene rings is 2. The molecule has 0 radical (unpaired) electrons. The number of nitrogens with one attached hydrogen (secondary N) is 2. The van der Waals surface area contributed by atoms with Crippen LogP contribution in [0.2, 0.25) is 0 Å². The summed E-state index contributed by atoms with van der Waals surface area (Å²) in [6.45, 7) is -0.708. The van der Waals surface area contributed by atoms with Crippen LogP contribution in [-0.2, 0) is 13.2 Å². The highest BCUT2D eigenvalue weighted by atomic mass is 19.1. The molecule has 1 atom stereocenters. The second-order valence-corrected chi connectivity index (χ2v) is 9.03. The Morgan fingerprint density at radius 1 is 1.11 bits per heavy atom. The maximum absolute atomic E-state index is 13.2. The summed E-state index contributed by atoms with van der Waals surface area (Å²) in [4.78, 5) is 17.9. The van der Waals surface area contributed by atoms with E-state index >= 15 is 0 Å². The van der Waals surface area contributed by atoms with Gasteiger partial charge in [0.1, 0.15) is 6.23 Å². The number of amides is 1. The Morgan fingerprint density at radius 2 is 1.94 bits per heavy atom. The van der Waals surface area contributed by atoms with Crippen molar-refractivity contribution < 1.29 is 14.3 Å². The molecule has 1 unspecified atom stereocenters. The fraction of sp³-hybridized carbons (Fsp3) is 0.296. The lowest BCUT2D eigenvalue weighted by Crippen LogP contribution is -2.30. The summed E-state index contributed by atoms with van der Waals surface area (Å²) < 4.78 is 15.9. The molecule has 1 amide bonds. The molecule has 2 heterocycles. The third-order valence-electron chi connectivity index (χ3n) is 6.15. The van der Waals surface area contributed by atoms with Gasteiger partial charge in [0.2, 0.25) is 5.95 Å². The molecule has 5 rings (SSSR count). The Labute approximate surface area is 208 Å². The lowest BCUT2D eigenvalue weighted by Gasteiger charge is -2.10. The van der Waals surface area contributed by atoms with Gasteiger partial charge in [-0.2, -0.15) is 5.10 Å². The van der Waals surface area contributed by atoms with Crippen molar-refractivity contribution in [2.45, 2.75) is 51.2 Å². The van der Waals surface area contributed by atoms with Gasteiger partial charge in [-0.3, -0.25) is 20.0 Å². The molecule has 1 fully saturated rings. The fourth-order valence-corrected chi connectivity index (χ4v) is 4.10. The molecular formula is C27H29FN6O2. The predicted octanol–water partition coefficient (Wildman–Crippen LogP) is 4.31. The summed E-state index contributed by atoms with van der Waals surface area (Å²) >= 11 is 0. The van der Waals surface area contributed by atoms with Crippen LogP contribution in [-0.4, -0.2) is 42.6 Å². The normalized spacial score (nSPS) is 14.1. The van der Waals surface area contributed by atoms with Crippen LogP contribution in [0.25, 0.3) is 16.8 Å². The van der Waals surface area contributed by atoms with Gasteiger partial charge in [0.05, 0.1) is 11.9 Å². The van der Waals surface area contributed by atoms with Gasteiger partial charge in [-0.05, 0) is 61.9 Å². The number of anilines is 1. The van der Waals surface area contributed by atoms with Crippen LogP contribution < -0.4 is 10.6 Å². The molecule has 1 saturated carbocycles. The first kappa shape index (κ1) is 23.9. The third kappa shape index (κ3) is 5.87. The summed E-state index contributed by atoms with van der Waals surface area (Å²) in [5.41, 5.74) is 3.68. The van der Waals surface area contributed by atoms with Crippen LogP contribution in [0.3, 0.4) is 0 Å². The third-order valence-corrected chi connectivity index (χ3v) is 6.15. The standard InChI is InChI=1S/C27H29FN6O2/c28-18-33-16-21(15-29-33)19-6-4-7-20(14-19)26(36)32-27-31-23(8-5-11-25(35)30-22-12-13-22)17-34(27)24-9-2-1-3-10-24/h1-4,6-7,9-10,14-17,22,25,30,35H,5,8,11-13,18H2,(H,31,32,36). The first-order valence-corrected chi connectivity index (χ1v) is 12.2. The van der Waals surface area contributed by atoms with E-state index in [1.165, 1.54) is 4.68 Å². The van der Waals surface area contributed by atoms with Crippen LogP contribution in [0.1, 0.15) is 41.7 Å². The lowest BCUT2D eigenvalue weighted by atomic mass is 10.1. The van der Waals surface area contributed by atoms with Gasteiger partial charge in [0.15, 0.2) is 6.80 Å². The minimum atomic E-state index is -0.708. The Hall–Kier alpha value is -3.82. The molecule has 0 spiro atoms. The molecule has 9 heteroatoms. The molecule has 1 aliphatic carbocycles. The number of para-hydroxylation sites is 1. The highest BCUT2D eigenvalue weighted by molar-refractivity contribution is 6.04. The highest BCUT2D eigenvalue weighted by Crippen LogP contribution is 2.23. The number of carbonyl (C=O) groups excluding carboxylic acids is 1. The van der Waals surface area contributed by atoms with Crippen LogP contribution in [0.4, 0.5) is 10.3 Å². The number of alkyl halides is 1. The van der Waals surface area contributed by atoms with E-state index in [0.29, 0.717) is 30.4 Å². The van der Waals surface area contributed by atoms with Gasteiger partial charge in [-0.1, -0.05) is 30.3 Å². The highest BCUT2D eigenvalue weighted by Gasteiger charge is 2.23. The van der Waals surface area contributed by atoms with E-state index in [4.69, 9.17) is 4.98 Å². The number of imidazole rings is 1. The SMILES string of the molecule is O=C(Nc1nc(CCCC(O)NC2CC2)cn1-c1ccccc1)c1cccc(-c2cnn(CF)c2)c1. The number of hydrogen-bond acceptors (Lipinski definition) is 5. The van der Waals surface area contributed by atoms with Crippen molar-refractivity contribution in [3.63, 3.8) is 0 Å². The summed E-state index contributed by atoms with van der Waals surface area (Å²) in [7, 11) is 0. The minimum absolute atomic E-state index is 0.298. The number of hydrogen-bond donors (Lipinski definition) is 3. The van der Waals surface area contributed by atoms with Gasteiger partial charge >= 0.3 is 0 Å². The van der Waals surface area contributed by atoms with Crippen LogP contribution >= 0.6 is 0 Å². The molecule has 0 aliphatic heterocycles. The average molecular weight is 489 g/mol. The van der Waals surface area contributed by atoms with E-state index in [1.54, 1.807) is 30.6 Å². The molecule has 2 aromatic carbocycles. The number of aromatic nitrogens is 4. The van der Waals surface area contributed by atoms with Crippen LogP contribution in [0, 0.1) is 0 Å². The van der Waals surface area contributed by atoms with Crippen LogP contribution in [0.5, 0.6) is 0 Å². The maximum atomic E-state index is 13.2. The number of aliphatic hydroxyl groups is 1. The molecule has 3 N–H and O–H groups in total. The number of aliphatic hydroxyl groups excluding tert-OH is 1. The Kier molecular flexibility index (Phi) is 7.20. The molecule has 0 saturated heterocycles. The molecule has 2 aromatic heterocycles. The Bertz CT molecular complexity index is 1310. The number of carbonyl (C=O) groups is 1. The molecular weight excluding hydrogens is 459 g/mol. The van der Waals surface area contributed by atoms with Gasteiger partial charge in [-0.25, -0.2) is 14.1 Å².